The van der Waals surface area contributed by atoms with E-state index in [0.717, 1.165) is 43.4 Å². The summed E-state index contributed by atoms with van der Waals surface area (Å²) in [4.78, 5) is 14.5. The molecule has 1 aromatic rings. The fraction of sp³-hybridized carbons (Fsp3) is 0.611. The number of carbonyl (C=O) groups excluding carboxylic acids is 1. The van der Waals surface area contributed by atoms with E-state index >= 15 is 0 Å². The number of rotatable bonds is 3. The lowest BCUT2D eigenvalue weighted by Gasteiger charge is -2.37. The molecule has 4 rings (SSSR count). The number of aryl methyl sites for hydroxylation is 1. The van der Waals surface area contributed by atoms with Crippen LogP contribution in [0.4, 0.5) is 0 Å². The average molecular weight is 364 g/mol. The molecule has 0 atom stereocenters. The number of piperazine rings is 1. The van der Waals surface area contributed by atoms with Crippen LogP contribution in [0.3, 0.4) is 0 Å². The van der Waals surface area contributed by atoms with E-state index in [0.29, 0.717) is 37.7 Å². The molecule has 25 heavy (non-hydrogen) atoms. The van der Waals surface area contributed by atoms with Crippen LogP contribution in [0.25, 0.3) is 0 Å². The minimum Gasteiger partial charge on any atom is -0.493 e. The topological polar surface area (TPSA) is 66.9 Å². The standard InChI is InChI=1S/C18H24N2O4S/c21-18(14-3-1-4-14)19-8-10-20(11-9-19)25(22,23)16-6-7-17-15(13-16)5-2-12-24-17/h6-7,13-14H,1-5,8-12H2. The van der Waals surface area contributed by atoms with Crippen LogP contribution in [0.2, 0.25) is 0 Å². The van der Waals surface area contributed by atoms with E-state index in [1.54, 1.807) is 18.2 Å². The fourth-order valence-corrected chi connectivity index (χ4v) is 5.18. The maximum Gasteiger partial charge on any atom is 0.243 e. The largest absolute Gasteiger partial charge is 0.493 e. The minimum absolute atomic E-state index is 0.170. The lowest BCUT2D eigenvalue weighted by molar-refractivity contribution is -0.139. The summed E-state index contributed by atoms with van der Waals surface area (Å²) in [6, 6.07) is 5.14. The normalized spacial score (nSPS) is 22.0. The molecular formula is C18H24N2O4S. The highest BCUT2D eigenvalue weighted by Crippen LogP contribution is 2.30. The Morgan fingerprint density at radius 1 is 1.08 bits per heavy atom. The van der Waals surface area contributed by atoms with Gasteiger partial charge in [0.1, 0.15) is 5.75 Å². The van der Waals surface area contributed by atoms with E-state index in [2.05, 4.69) is 0 Å². The summed E-state index contributed by atoms with van der Waals surface area (Å²) < 4.78 is 32.9. The van der Waals surface area contributed by atoms with E-state index in [9.17, 15) is 13.2 Å². The molecule has 0 N–H and O–H groups in total. The highest BCUT2D eigenvalue weighted by Gasteiger charge is 2.34. The second kappa shape index (κ2) is 6.61. The van der Waals surface area contributed by atoms with Crippen molar-refractivity contribution in [3.8, 4) is 5.75 Å². The average Bonchev–Trinajstić information content (AvgIpc) is 2.60. The number of benzene rings is 1. The molecule has 1 saturated heterocycles. The van der Waals surface area contributed by atoms with Crippen LogP contribution in [0.5, 0.6) is 5.75 Å². The van der Waals surface area contributed by atoms with Crippen LogP contribution in [0.1, 0.15) is 31.2 Å². The summed E-state index contributed by atoms with van der Waals surface area (Å²) in [6.45, 7) is 2.41. The van der Waals surface area contributed by atoms with E-state index in [-0.39, 0.29) is 11.8 Å². The van der Waals surface area contributed by atoms with E-state index in [1.807, 2.05) is 4.90 Å². The van der Waals surface area contributed by atoms with Crippen LogP contribution >= 0.6 is 0 Å². The highest BCUT2D eigenvalue weighted by molar-refractivity contribution is 7.89. The molecule has 0 unspecified atom stereocenters. The van der Waals surface area contributed by atoms with Crippen molar-refractivity contribution in [1.29, 1.82) is 0 Å². The number of hydrogen-bond donors (Lipinski definition) is 0. The molecule has 0 aromatic heterocycles. The van der Waals surface area contributed by atoms with Gasteiger partial charge in [-0.3, -0.25) is 4.79 Å². The third kappa shape index (κ3) is 3.15. The van der Waals surface area contributed by atoms with Crippen molar-refractivity contribution >= 4 is 15.9 Å². The van der Waals surface area contributed by atoms with Gasteiger partial charge in [0.25, 0.3) is 0 Å². The van der Waals surface area contributed by atoms with Gasteiger partial charge in [0, 0.05) is 32.1 Å². The summed E-state index contributed by atoms with van der Waals surface area (Å²) in [6.07, 6.45) is 4.86. The molecule has 2 fully saturated rings. The number of ether oxygens (including phenoxy) is 1. The molecule has 3 aliphatic rings. The number of hydrogen-bond acceptors (Lipinski definition) is 4. The zero-order valence-corrected chi connectivity index (χ0v) is 15.1. The number of nitrogens with zero attached hydrogens (tertiary/aromatic N) is 2. The highest BCUT2D eigenvalue weighted by atomic mass is 32.2. The summed E-state index contributed by atoms with van der Waals surface area (Å²) in [5.41, 5.74) is 0.964. The number of fused-ring (bicyclic) bond motifs is 1. The quantitative estimate of drug-likeness (QED) is 0.818. The second-order valence-corrected chi connectivity index (χ2v) is 9.02. The Morgan fingerprint density at radius 3 is 2.52 bits per heavy atom. The van der Waals surface area contributed by atoms with Gasteiger partial charge in [-0.05, 0) is 49.4 Å². The maximum absolute atomic E-state index is 12.9. The first-order valence-corrected chi connectivity index (χ1v) is 10.5. The van der Waals surface area contributed by atoms with Crippen molar-refractivity contribution in [3.05, 3.63) is 23.8 Å². The smallest absolute Gasteiger partial charge is 0.243 e. The van der Waals surface area contributed by atoms with Crippen molar-refractivity contribution in [1.82, 2.24) is 9.21 Å². The van der Waals surface area contributed by atoms with Crippen molar-refractivity contribution in [2.75, 3.05) is 32.8 Å². The Kier molecular flexibility index (Phi) is 4.45. The Bertz CT molecular complexity index is 765. The molecule has 2 heterocycles. The third-order valence-corrected chi connectivity index (χ3v) is 7.42. The lowest BCUT2D eigenvalue weighted by atomic mass is 9.84. The van der Waals surface area contributed by atoms with Crippen LogP contribution in [0.15, 0.2) is 23.1 Å². The van der Waals surface area contributed by atoms with Gasteiger partial charge < -0.3 is 9.64 Å². The molecule has 7 heteroatoms. The van der Waals surface area contributed by atoms with Gasteiger partial charge >= 0.3 is 0 Å². The van der Waals surface area contributed by atoms with Crippen LogP contribution < -0.4 is 4.74 Å². The molecule has 1 aliphatic carbocycles. The fourth-order valence-electron chi connectivity index (χ4n) is 3.71. The molecule has 0 radical (unpaired) electrons. The summed E-state index contributed by atoms with van der Waals surface area (Å²) in [5, 5.41) is 0. The van der Waals surface area contributed by atoms with Gasteiger partial charge in [0.05, 0.1) is 11.5 Å². The summed E-state index contributed by atoms with van der Waals surface area (Å²) >= 11 is 0. The SMILES string of the molecule is O=C(C1CCC1)N1CCN(S(=O)(=O)c2ccc3c(c2)CCCO3)CC1. The second-order valence-electron chi connectivity index (χ2n) is 7.08. The maximum atomic E-state index is 12.9. The molecule has 0 spiro atoms. The van der Waals surface area contributed by atoms with Gasteiger partial charge in [0.2, 0.25) is 15.9 Å². The van der Waals surface area contributed by atoms with Gasteiger partial charge in [-0.1, -0.05) is 6.42 Å². The van der Waals surface area contributed by atoms with Crippen LogP contribution in [0, 0.1) is 5.92 Å². The van der Waals surface area contributed by atoms with E-state index in [4.69, 9.17) is 4.74 Å². The Morgan fingerprint density at radius 2 is 1.84 bits per heavy atom. The van der Waals surface area contributed by atoms with E-state index in [1.165, 1.54) is 4.31 Å². The summed E-state index contributed by atoms with van der Waals surface area (Å²) in [5.74, 6) is 1.17. The van der Waals surface area contributed by atoms with Crippen molar-refractivity contribution in [2.24, 2.45) is 5.92 Å². The van der Waals surface area contributed by atoms with Gasteiger partial charge in [-0.25, -0.2) is 8.42 Å². The third-order valence-electron chi connectivity index (χ3n) is 5.52. The first-order chi connectivity index (χ1) is 12.1. The molecule has 0 bridgehead atoms. The van der Waals surface area contributed by atoms with Crippen molar-refractivity contribution < 1.29 is 17.9 Å². The molecule has 136 valence electrons. The predicted octanol–water partition coefficient (Wildman–Crippen LogP) is 1.64. The summed E-state index contributed by atoms with van der Waals surface area (Å²) in [7, 11) is -3.52. The number of carbonyl (C=O) groups is 1. The van der Waals surface area contributed by atoms with Gasteiger partial charge in [-0.2, -0.15) is 4.31 Å². The zero-order valence-electron chi connectivity index (χ0n) is 14.3. The molecule has 1 amide bonds. The molecule has 1 saturated carbocycles. The Hall–Kier alpha value is -1.60. The lowest BCUT2D eigenvalue weighted by Crippen LogP contribution is -2.52. The molecule has 2 aliphatic heterocycles. The monoisotopic (exact) mass is 364 g/mol. The predicted molar refractivity (Wildman–Crippen MR) is 92.9 cm³/mol. The van der Waals surface area contributed by atoms with Gasteiger partial charge in [-0.15, -0.1) is 0 Å². The first-order valence-electron chi connectivity index (χ1n) is 9.10. The molecular weight excluding hydrogens is 340 g/mol. The van der Waals surface area contributed by atoms with Crippen molar-refractivity contribution in [3.63, 3.8) is 0 Å². The first kappa shape index (κ1) is 16.8. The van der Waals surface area contributed by atoms with Crippen molar-refractivity contribution in [2.45, 2.75) is 37.0 Å². The zero-order chi connectivity index (χ0) is 17.4. The van der Waals surface area contributed by atoms with Crippen LogP contribution in [-0.4, -0.2) is 56.3 Å². The molecule has 1 aromatic carbocycles. The Balaban J connectivity index is 1.45. The number of sulfonamides is 1. The molecule has 6 nitrogen and oxygen atoms in total. The van der Waals surface area contributed by atoms with E-state index < -0.39 is 10.0 Å². The number of amides is 1. The van der Waals surface area contributed by atoms with Gasteiger partial charge in [0.15, 0.2) is 0 Å². The van der Waals surface area contributed by atoms with Crippen LogP contribution in [-0.2, 0) is 21.2 Å². The Labute approximate surface area is 148 Å². The minimum atomic E-state index is -3.52.